The van der Waals surface area contributed by atoms with E-state index in [9.17, 15) is 4.79 Å². The Balaban J connectivity index is 1.95. The van der Waals surface area contributed by atoms with Crippen molar-refractivity contribution < 1.29 is 4.79 Å². The molecule has 0 fully saturated rings. The maximum absolute atomic E-state index is 12.6. The zero-order chi connectivity index (χ0) is 16.1. The van der Waals surface area contributed by atoms with Crippen molar-refractivity contribution in [3.8, 4) is 0 Å². The molecule has 22 heavy (non-hydrogen) atoms. The lowest BCUT2D eigenvalue weighted by atomic mass is 9.86. The Morgan fingerprint density at radius 2 is 2.09 bits per heavy atom. The number of aryl methyl sites for hydroxylation is 1. The number of nitrogens with zero attached hydrogens (tertiary/aromatic N) is 2. The molecule has 0 bridgehead atoms. The Morgan fingerprint density at radius 3 is 2.73 bits per heavy atom. The molecular weight excluding hydrogens is 410 g/mol. The van der Waals surface area contributed by atoms with Gasteiger partial charge in [0.15, 0.2) is 0 Å². The number of aromatic nitrogens is 2. The Morgan fingerprint density at radius 1 is 1.36 bits per heavy atom. The molecule has 2 aromatic rings. The fraction of sp³-hybridized carbons (Fsp3) is 0.375. The van der Waals surface area contributed by atoms with Gasteiger partial charge in [-0.1, -0.05) is 26.0 Å². The van der Waals surface area contributed by atoms with Crippen LogP contribution in [-0.2, 0) is 18.9 Å². The Hall–Kier alpha value is -1.14. The van der Waals surface area contributed by atoms with Gasteiger partial charge in [0.25, 0.3) is 5.91 Å². The second-order valence-electron chi connectivity index (χ2n) is 6.25. The standard InChI is InChI=1S/C16H17Br2N3O/c1-16(2)8-7-9-10(16)5-4-6-11(9)19-15(22)12-13(17)20-21(3)14(12)18/h4-6H,7-8H2,1-3H3,(H,19,22). The lowest BCUT2D eigenvalue weighted by molar-refractivity contribution is 0.102. The minimum atomic E-state index is -0.162. The molecule has 0 unspecified atom stereocenters. The molecule has 1 aliphatic rings. The van der Waals surface area contributed by atoms with Crippen LogP contribution in [-0.4, -0.2) is 15.7 Å². The quantitative estimate of drug-likeness (QED) is 0.772. The first-order valence-corrected chi connectivity index (χ1v) is 8.71. The van der Waals surface area contributed by atoms with Crippen LogP contribution in [0.4, 0.5) is 5.69 Å². The predicted octanol–water partition coefficient (Wildman–Crippen LogP) is 4.42. The normalized spacial score (nSPS) is 15.7. The molecule has 4 nitrogen and oxygen atoms in total. The molecule has 6 heteroatoms. The number of hydrogen-bond acceptors (Lipinski definition) is 2. The Bertz CT molecular complexity index is 765. The highest BCUT2D eigenvalue weighted by molar-refractivity contribution is 9.11. The predicted molar refractivity (Wildman–Crippen MR) is 94.4 cm³/mol. The second kappa shape index (κ2) is 5.49. The molecule has 0 saturated heterocycles. The summed E-state index contributed by atoms with van der Waals surface area (Å²) < 4.78 is 2.81. The number of hydrogen-bond donors (Lipinski definition) is 1. The lowest BCUT2D eigenvalue weighted by Gasteiger charge is -2.19. The van der Waals surface area contributed by atoms with Gasteiger partial charge in [0.05, 0.1) is 0 Å². The highest BCUT2D eigenvalue weighted by Gasteiger charge is 2.31. The average Bonchev–Trinajstić information content (AvgIpc) is 2.88. The van der Waals surface area contributed by atoms with E-state index >= 15 is 0 Å². The molecule has 1 aromatic carbocycles. The van der Waals surface area contributed by atoms with E-state index in [0.717, 1.165) is 18.5 Å². The molecule has 0 spiro atoms. The third-order valence-electron chi connectivity index (χ3n) is 4.31. The van der Waals surface area contributed by atoms with E-state index in [2.05, 4.69) is 62.2 Å². The van der Waals surface area contributed by atoms with E-state index in [1.807, 2.05) is 12.1 Å². The van der Waals surface area contributed by atoms with E-state index in [-0.39, 0.29) is 11.3 Å². The van der Waals surface area contributed by atoms with Gasteiger partial charge in [0, 0.05) is 12.7 Å². The highest BCUT2D eigenvalue weighted by atomic mass is 79.9. The first kappa shape index (κ1) is 15.7. The van der Waals surface area contributed by atoms with Crippen molar-refractivity contribution in [1.82, 2.24) is 9.78 Å². The summed E-state index contributed by atoms with van der Waals surface area (Å²) in [5, 5.41) is 7.23. The van der Waals surface area contributed by atoms with Crippen molar-refractivity contribution in [1.29, 1.82) is 0 Å². The van der Waals surface area contributed by atoms with E-state index < -0.39 is 0 Å². The number of nitrogens with one attached hydrogen (secondary N) is 1. The van der Waals surface area contributed by atoms with Gasteiger partial charge in [0.2, 0.25) is 0 Å². The lowest BCUT2D eigenvalue weighted by Crippen LogP contribution is -2.15. The summed E-state index contributed by atoms with van der Waals surface area (Å²) in [7, 11) is 1.79. The summed E-state index contributed by atoms with van der Waals surface area (Å²) in [6, 6.07) is 6.14. The van der Waals surface area contributed by atoms with Crippen molar-refractivity contribution in [2.24, 2.45) is 7.05 Å². The van der Waals surface area contributed by atoms with Crippen molar-refractivity contribution in [3.63, 3.8) is 0 Å². The number of amides is 1. The van der Waals surface area contributed by atoms with Crippen LogP contribution in [0.1, 0.15) is 41.8 Å². The maximum Gasteiger partial charge on any atom is 0.261 e. The zero-order valence-electron chi connectivity index (χ0n) is 12.7. The van der Waals surface area contributed by atoms with Crippen LogP contribution in [0.2, 0.25) is 0 Å². The first-order chi connectivity index (χ1) is 10.3. The van der Waals surface area contributed by atoms with Gasteiger partial charge in [-0.05, 0) is 67.3 Å². The van der Waals surface area contributed by atoms with Gasteiger partial charge >= 0.3 is 0 Å². The van der Waals surface area contributed by atoms with Crippen LogP contribution in [0.3, 0.4) is 0 Å². The van der Waals surface area contributed by atoms with Gasteiger partial charge < -0.3 is 5.32 Å². The number of carbonyl (C=O) groups excluding carboxylic acids is 1. The highest BCUT2D eigenvalue weighted by Crippen LogP contribution is 2.41. The van der Waals surface area contributed by atoms with Gasteiger partial charge in [-0.2, -0.15) is 5.10 Å². The summed E-state index contributed by atoms with van der Waals surface area (Å²) in [4.78, 5) is 12.6. The Kier molecular flexibility index (Phi) is 3.93. The number of anilines is 1. The third-order valence-corrected chi connectivity index (χ3v) is 5.78. The fourth-order valence-electron chi connectivity index (χ4n) is 3.02. The monoisotopic (exact) mass is 425 g/mol. The molecule has 0 radical (unpaired) electrons. The summed E-state index contributed by atoms with van der Waals surface area (Å²) in [6.07, 6.45) is 2.10. The van der Waals surface area contributed by atoms with Crippen LogP contribution >= 0.6 is 31.9 Å². The summed E-state index contributed by atoms with van der Waals surface area (Å²) >= 11 is 6.74. The van der Waals surface area contributed by atoms with Crippen LogP contribution in [0.15, 0.2) is 27.4 Å². The maximum atomic E-state index is 12.6. The second-order valence-corrected chi connectivity index (χ2v) is 7.75. The Labute approximate surface area is 146 Å². The van der Waals surface area contributed by atoms with Crippen LogP contribution < -0.4 is 5.32 Å². The number of halogens is 2. The minimum Gasteiger partial charge on any atom is -0.322 e. The number of rotatable bonds is 2. The summed E-state index contributed by atoms with van der Waals surface area (Å²) in [6.45, 7) is 4.50. The van der Waals surface area contributed by atoms with Gasteiger partial charge in [0.1, 0.15) is 14.8 Å². The van der Waals surface area contributed by atoms with Crippen molar-refractivity contribution in [3.05, 3.63) is 44.1 Å². The van der Waals surface area contributed by atoms with Crippen LogP contribution in [0.25, 0.3) is 0 Å². The molecule has 116 valence electrons. The van der Waals surface area contributed by atoms with Gasteiger partial charge in [-0.3, -0.25) is 9.48 Å². The topological polar surface area (TPSA) is 46.9 Å². The van der Waals surface area contributed by atoms with Gasteiger partial charge in [-0.15, -0.1) is 0 Å². The van der Waals surface area contributed by atoms with Crippen molar-refractivity contribution in [2.45, 2.75) is 32.1 Å². The molecule has 1 heterocycles. The van der Waals surface area contributed by atoms with E-state index in [1.54, 1.807) is 11.7 Å². The molecular formula is C16H17Br2N3O. The molecule has 1 amide bonds. The van der Waals surface area contributed by atoms with Crippen LogP contribution in [0.5, 0.6) is 0 Å². The first-order valence-electron chi connectivity index (χ1n) is 7.13. The SMILES string of the molecule is Cn1nc(Br)c(C(=O)Nc2cccc3c2CCC3(C)C)c1Br. The van der Waals surface area contributed by atoms with Crippen molar-refractivity contribution in [2.75, 3.05) is 5.32 Å². The van der Waals surface area contributed by atoms with E-state index in [1.165, 1.54) is 11.1 Å². The fourth-order valence-corrected chi connectivity index (χ4v) is 4.34. The molecule has 0 aliphatic heterocycles. The molecule has 3 rings (SSSR count). The zero-order valence-corrected chi connectivity index (χ0v) is 15.9. The minimum absolute atomic E-state index is 0.162. The number of fused-ring (bicyclic) bond motifs is 1. The number of carbonyl (C=O) groups is 1. The molecule has 1 N–H and O–H groups in total. The largest absolute Gasteiger partial charge is 0.322 e. The van der Waals surface area contributed by atoms with Crippen LogP contribution in [0, 0.1) is 0 Å². The van der Waals surface area contributed by atoms with E-state index in [0.29, 0.717) is 14.8 Å². The third kappa shape index (κ3) is 2.52. The summed E-state index contributed by atoms with van der Waals surface area (Å²) in [5.41, 5.74) is 4.16. The van der Waals surface area contributed by atoms with Gasteiger partial charge in [-0.25, -0.2) is 0 Å². The molecule has 0 saturated carbocycles. The molecule has 0 atom stereocenters. The molecule has 1 aliphatic carbocycles. The smallest absolute Gasteiger partial charge is 0.261 e. The van der Waals surface area contributed by atoms with Crippen molar-refractivity contribution >= 4 is 43.5 Å². The number of benzene rings is 1. The summed E-state index contributed by atoms with van der Waals surface area (Å²) in [5.74, 6) is -0.162. The van der Waals surface area contributed by atoms with E-state index in [4.69, 9.17) is 0 Å². The average molecular weight is 427 g/mol. The molecule has 1 aromatic heterocycles.